The zero-order chi connectivity index (χ0) is 25.4. The number of anilines is 1. The van der Waals surface area contributed by atoms with Gasteiger partial charge >= 0.3 is 5.97 Å². The van der Waals surface area contributed by atoms with Gasteiger partial charge in [0.15, 0.2) is 0 Å². The maximum Gasteiger partial charge on any atom is 0.333 e. The van der Waals surface area contributed by atoms with Crippen LogP contribution in [0.15, 0.2) is 65.1 Å². The number of aliphatic carboxylic acids is 1. The molecule has 178 valence electrons. The van der Waals surface area contributed by atoms with Gasteiger partial charge in [-0.05, 0) is 48.4 Å². The third kappa shape index (κ3) is 4.45. The summed E-state index contributed by atoms with van der Waals surface area (Å²) in [6.07, 6.45) is 1.05. The zero-order valence-corrected chi connectivity index (χ0v) is 18.9. The van der Waals surface area contributed by atoms with Crippen LogP contribution in [0.4, 0.5) is 10.1 Å². The fraction of sp³-hybridized carbons (Fsp3) is 0.160. The number of aryl methyl sites for hydroxylation is 2. The molecule has 0 saturated carbocycles. The molecule has 0 bridgehead atoms. The zero-order valence-electron chi connectivity index (χ0n) is 18.9. The van der Waals surface area contributed by atoms with E-state index >= 15 is 0 Å². The van der Waals surface area contributed by atoms with E-state index in [0.717, 1.165) is 4.68 Å². The highest BCUT2D eigenvalue weighted by atomic mass is 19.1. The van der Waals surface area contributed by atoms with Gasteiger partial charge in [0, 0.05) is 42.8 Å². The van der Waals surface area contributed by atoms with Crippen LogP contribution in [0.1, 0.15) is 33.8 Å². The quantitative estimate of drug-likeness (QED) is 0.581. The van der Waals surface area contributed by atoms with Crippen LogP contribution in [0.25, 0.3) is 11.3 Å². The van der Waals surface area contributed by atoms with E-state index in [0.29, 0.717) is 16.7 Å². The van der Waals surface area contributed by atoms with Crippen LogP contribution in [-0.4, -0.2) is 32.7 Å². The Bertz CT molecular complexity index is 1460. The molecule has 0 fully saturated rings. The first kappa shape index (κ1) is 23.6. The van der Waals surface area contributed by atoms with Crippen molar-refractivity contribution in [2.24, 2.45) is 12.8 Å². The molecule has 0 radical (unpaired) electrons. The molecule has 2 aromatic carbocycles. The van der Waals surface area contributed by atoms with E-state index in [9.17, 15) is 28.7 Å². The van der Waals surface area contributed by atoms with Crippen LogP contribution < -0.4 is 16.2 Å². The van der Waals surface area contributed by atoms with Gasteiger partial charge in [0.25, 0.3) is 5.56 Å². The number of benzene rings is 2. The Morgan fingerprint density at radius 2 is 1.80 bits per heavy atom. The average Bonchev–Trinajstić information content (AvgIpc) is 2.80. The molecular formula is C25H21FN4O5. The number of carboxylic acids is 1. The van der Waals surface area contributed by atoms with Crippen molar-refractivity contribution in [1.29, 1.82) is 0 Å². The number of primary amides is 1. The van der Waals surface area contributed by atoms with Gasteiger partial charge in [0.2, 0.25) is 11.8 Å². The van der Waals surface area contributed by atoms with Gasteiger partial charge in [0.05, 0.1) is 17.0 Å². The summed E-state index contributed by atoms with van der Waals surface area (Å²) in [6.45, 7) is 1.64. The molecule has 3 aromatic rings. The molecule has 4 rings (SSSR count). The Balaban J connectivity index is 1.91. The molecule has 0 unspecified atom stereocenters. The van der Waals surface area contributed by atoms with E-state index in [1.54, 1.807) is 13.0 Å². The monoisotopic (exact) mass is 476 g/mol. The van der Waals surface area contributed by atoms with E-state index in [-0.39, 0.29) is 34.5 Å². The normalized spacial score (nSPS) is 15.6. The van der Waals surface area contributed by atoms with Crippen molar-refractivity contribution in [3.63, 3.8) is 0 Å². The molecular weight excluding hydrogens is 455 g/mol. The van der Waals surface area contributed by atoms with Crippen LogP contribution in [0.2, 0.25) is 0 Å². The van der Waals surface area contributed by atoms with Gasteiger partial charge in [-0.3, -0.25) is 19.3 Å². The summed E-state index contributed by atoms with van der Waals surface area (Å²) in [4.78, 5) is 50.5. The number of nitrogens with two attached hydrogens (primary N) is 1. The lowest BCUT2D eigenvalue weighted by Crippen LogP contribution is -2.35. The Morgan fingerprint density at radius 3 is 2.40 bits per heavy atom. The molecule has 1 aliphatic heterocycles. The predicted octanol–water partition coefficient (Wildman–Crippen LogP) is 2.48. The second-order valence-corrected chi connectivity index (χ2v) is 8.19. The maximum atomic E-state index is 13.4. The van der Waals surface area contributed by atoms with Crippen molar-refractivity contribution in [3.05, 3.63) is 93.2 Å². The van der Waals surface area contributed by atoms with Gasteiger partial charge < -0.3 is 10.8 Å². The van der Waals surface area contributed by atoms with Crippen LogP contribution >= 0.6 is 0 Å². The molecule has 2 heterocycles. The lowest BCUT2D eigenvalue weighted by Gasteiger charge is -2.31. The predicted molar refractivity (Wildman–Crippen MR) is 125 cm³/mol. The molecule has 2 amide bonds. The molecule has 10 heteroatoms. The summed E-state index contributed by atoms with van der Waals surface area (Å²) in [5.41, 5.74) is 7.12. The molecule has 0 spiro atoms. The highest BCUT2D eigenvalue weighted by molar-refractivity contribution is 6.06. The van der Waals surface area contributed by atoms with E-state index in [1.807, 2.05) is 0 Å². The van der Waals surface area contributed by atoms with E-state index < -0.39 is 29.5 Å². The summed E-state index contributed by atoms with van der Waals surface area (Å²) < 4.78 is 14.5. The fourth-order valence-corrected chi connectivity index (χ4v) is 4.09. The van der Waals surface area contributed by atoms with Crippen molar-refractivity contribution in [2.75, 3.05) is 4.90 Å². The number of amides is 2. The van der Waals surface area contributed by atoms with Crippen molar-refractivity contribution >= 4 is 23.5 Å². The number of carboxylic acid groups (broad SMARTS) is 1. The molecule has 1 atom stereocenters. The van der Waals surface area contributed by atoms with E-state index in [1.165, 1.54) is 60.6 Å². The Labute approximate surface area is 198 Å². The second-order valence-electron chi connectivity index (χ2n) is 8.19. The minimum Gasteiger partial charge on any atom is -0.478 e. The number of aromatic nitrogens is 2. The molecule has 0 aliphatic carbocycles. The third-order valence-corrected chi connectivity index (χ3v) is 5.91. The Kier molecular flexibility index (Phi) is 6.04. The first-order valence-electron chi connectivity index (χ1n) is 10.6. The first-order valence-corrected chi connectivity index (χ1v) is 10.6. The number of halogens is 1. The summed E-state index contributed by atoms with van der Waals surface area (Å²) in [7, 11) is 1.45. The molecule has 3 N–H and O–H groups in total. The standard InChI is InChI=1S/C25H21FN4O5/c1-13-9-21(18(10-16(13)24(27)33)20-7-8-22(31)29(2)28-20)30-12-19(25(34)35)17(11-23(30)32)14-3-5-15(26)6-4-14/h3-10,12,17H,11H2,1-2H3,(H2,27,33)(H,34,35)/t17-/m0/s1. The Hall–Kier alpha value is -4.60. The van der Waals surface area contributed by atoms with Crippen molar-refractivity contribution < 1.29 is 23.9 Å². The maximum absolute atomic E-state index is 13.4. The molecule has 9 nitrogen and oxygen atoms in total. The molecule has 35 heavy (non-hydrogen) atoms. The lowest BCUT2D eigenvalue weighted by molar-refractivity contribution is -0.133. The van der Waals surface area contributed by atoms with Crippen LogP contribution in [0.3, 0.4) is 0 Å². The summed E-state index contributed by atoms with van der Waals surface area (Å²) in [6, 6.07) is 11.1. The smallest absolute Gasteiger partial charge is 0.333 e. The van der Waals surface area contributed by atoms with Crippen molar-refractivity contribution in [1.82, 2.24) is 9.78 Å². The summed E-state index contributed by atoms with van der Waals surface area (Å²) in [5.74, 6) is -3.59. The van der Waals surface area contributed by atoms with Gasteiger partial charge in [0.1, 0.15) is 5.82 Å². The average molecular weight is 476 g/mol. The van der Waals surface area contributed by atoms with Gasteiger partial charge in [-0.25, -0.2) is 13.9 Å². The number of nitrogens with zero attached hydrogens (tertiary/aromatic N) is 3. The number of carbonyl (C=O) groups excluding carboxylic acids is 2. The number of carbonyl (C=O) groups is 3. The number of hydrogen-bond donors (Lipinski definition) is 2. The van der Waals surface area contributed by atoms with Gasteiger partial charge in [-0.1, -0.05) is 12.1 Å². The lowest BCUT2D eigenvalue weighted by atomic mass is 9.85. The number of rotatable bonds is 5. The summed E-state index contributed by atoms with van der Waals surface area (Å²) >= 11 is 0. The van der Waals surface area contributed by atoms with Gasteiger partial charge in [-0.2, -0.15) is 5.10 Å². The minimum atomic E-state index is -1.23. The molecule has 1 aliphatic rings. The van der Waals surface area contributed by atoms with Crippen LogP contribution in [0, 0.1) is 12.7 Å². The van der Waals surface area contributed by atoms with Crippen LogP contribution in [0.5, 0.6) is 0 Å². The van der Waals surface area contributed by atoms with Crippen molar-refractivity contribution in [2.45, 2.75) is 19.3 Å². The van der Waals surface area contributed by atoms with E-state index in [2.05, 4.69) is 5.10 Å². The SMILES string of the molecule is Cc1cc(N2C=C(C(=O)O)[C@H](c3ccc(F)cc3)CC2=O)c(-c2ccc(=O)n(C)n2)cc1C(N)=O. The van der Waals surface area contributed by atoms with Crippen LogP contribution in [-0.2, 0) is 16.6 Å². The third-order valence-electron chi connectivity index (χ3n) is 5.91. The second kappa shape index (κ2) is 8.98. The largest absolute Gasteiger partial charge is 0.478 e. The van der Waals surface area contributed by atoms with E-state index in [4.69, 9.17) is 5.73 Å². The molecule has 1 aromatic heterocycles. The highest BCUT2D eigenvalue weighted by Gasteiger charge is 2.34. The fourth-order valence-electron chi connectivity index (χ4n) is 4.09. The Morgan fingerprint density at radius 1 is 1.11 bits per heavy atom. The summed E-state index contributed by atoms with van der Waals surface area (Å²) in [5, 5.41) is 14.1. The number of hydrogen-bond acceptors (Lipinski definition) is 5. The van der Waals surface area contributed by atoms with Crippen molar-refractivity contribution in [3.8, 4) is 11.3 Å². The highest BCUT2D eigenvalue weighted by Crippen LogP contribution is 2.39. The molecule has 0 saturated heterocycles. The van der Waals surface area contributed by atoms with Gasteiger partial charge in [-0.15, -0.1) is 0 Å². The topological polar surface area (TPSA) is 136 Å². The first-order chi connectivity index (χ1) is 16.6. The minimum absolute atomic E-state index is 0.0628.